The van der Waals surface area contributed by atoms with Gasteiger partial charge < -0.3 is 10.2 Å². The van der Waals surface area contributed by atoms with Crippen molar-refractivity contribution >= 4 is 6.03 Å². The van der Waals surface area contributed by atoms with E-state index in [1.165, 1.54) is 5.57 Å². The Bertz CT molecular complexity index is 390. The fourth-order valence-electron chi connectivity index (χ4n) is 1.91. The number of rotatable bonds is 2. The molecule has 2 rings (SSSR count). The largest absolute Gasteiger partial charge is 0.334 e. The van der Waals surface area contributed by atoms with Crippen LogP contribution in [-0.4, -0.2) is 24.0 Å². The summed E-state index contributed by atoms with van der Waals surface area (Å²) in [5.74, 6) is 0. The summed E-state index contributed by atoms with van der Waals surface area (Å²) in [6.45, 7) is 6.12. The number of piperidine rings is 1. The van der Waals surface area contributed by atoms with E-state index in [4.69, 9.17) is 0 Å². The molecule has 1 saturated heterocycles. The summed E-state index contributed by atoms with van der Waals surface area (Å²) in [5.41, 5.74) is 2.37. The summed E-state index contributed by atoms with van der Waals surface area (Å²) in [6.07, 6.45) is 1.86. The zero-order valence-corrected chi connectivity index (χ0v) is 9.98. The Morgan fingerprint density at radius 1 is 1.24 bits per heavy atom. The number of nitrogens with one attached hydrogen (secondary N) is 1. The quantitative estimate of drug-likeness (QED) is 0.778. The minimum atomic E-state index is 0.0290. The molecule has 1 aliphatic heterocycles. The molecule has 1 aromatic carbocycles. The van der Waals surface area contributed by atoms with E-state index in [1.54, 1.807) is 0 Å². The molecular weight excluding hydrogens is 212 g/mol. The molecule has 90 valence electrons. The molecule has 0 aliphatic carbocycles. The van der Waals surface area contributed by atoms with Crippen molar-refractivity contribution < 1.29 is 4.79 Å². The average molecular weight is 230 g/mol. The molecule has 3 nitrogen and oxygen atoms in total. The van der Waals surface area contributed by atoms with E-state index in [0.717, 1.165) is 31.5 Å². The number of likely N-dealkylation sites (tertiary alicyclic amines) is 1. The predicted molar refractivity (Wildman–Crippen MR) is 68.6 cm³/mol. The van der Waals surface area contributed by atoms with Gasteiger partial charge in [-0.2, -0.15) is 0 Å². The van der Waals surface area contributed by atoms with E-state index in [1.807, 2.05) is 35.2 Å². The lowest BCUT2D eigenvalue weighted by Gasteiger charge is -2.28. The molecule has 3 heteroatoms. The second-order valence-electron chi connectivity index (χ2n) is 4.38. The van der Waals surface area contributed by atoms with Gasteiger partial charge in [-0.25, -0.2) is 4.79 Å². The lowest BCUT2D eigenvalue weighted by atomic mass is 10.1. The first-order chi connectivity index (χ1) is 8.25. The van der Waals surface area contributed by atoms with Crippen LogP contribution in [0.1, 0.15) is 18.4 Å². The molecule has 1 aromatic rings. The zero-order valence-electron chi connectivity index (χ0n) is 9.98. The summed E-state index contributed by atoms with van der Waals surface area (Å²) in [4.78, 5) is 13.7. The van der Waals surface area contributed by atoms with E-state index in [2.05, 4.69) is 11.9 Å². The highest BCUT2D eigenvalue weighted by Crippen LogP contribution is 2.13. The van der Waals surface area contributed by atoms with Crippen molar-refractivity contribution in [2.24, 2.45) is 0 Å². The molecule has 0 bridgehead atoms. The van der Waals surface area contributed by atoms with Gasteiger partial charge in [-0.1, -0.05) is 42.5 Å². The highest BCUT2D eigenvalue weighted by atomic mass is 16.2. The molecule has 0 radical (unpaired) electrons. The van der Waals surface area contributed by atoms with Crippen molar-refractivity contribution in [3.63, 3.8) is 0 Å². The fraction of sp³-hybridized carbons (Fsp3) is 0.357. The Hall–Kier alpha value is -1.77. The lowest BCUT2D eigenvalue weighted by molar-refractivity contribution is 0.193. The monoisotopic (exact) mass is 230 g/mol. The maximum atomic E-state index is 11.9. The standard InChI is InChI=1S/C14H18N2O/c1-12-7-9-16(10-8-12)14(17)15-11-13-5-3-2-4-6-13/h2-6H,1,7-11H2,(H,15,17). The van der Waals surface area contributed by atoms with Gasteiger partial charge in [0.2, 0.25) is 0 Å². The molecule has 1 aliphatic rings. The molecule has 0 aromatic heterocycles. The summed E-state index contributed by atoms with van der Waals surface area (Å²) < 4.78 is 0. The van der Waals surface area contributed by atoms with Crippen molar-refractivity contribution in [2.45, 2.75) is 19.4 Å². The minimum absolute atomic E-state index is 0.0290. The molecule has 1 heterocycles. The van der Waals surface area contributed by atoms with E-state index in [0.29, 0.717) is 6.54 Å². The fourth-order valence-corrected chi connectivity index (χ4v) is 1.91. The number of carbonyl (C=O) groups is 1. The average Bonchev–Trinajstić information content (AvgIpc) is 2.38. The molecule has 0 atom stereocenters. The highest BCUT2D eigenvalue weighted by molar-refractivity contribution is 5.74. The number of urea groups is 1. The second kappa shape index (κ2) is 5.53. The van der Waals surface area contributed by atoms with Crippen LogP contribution in [0.15, 0.2) is 42.5 Å². The third-order valence-electron chi connectivity index (χ3n) is 3.04. The van der Waals surface area contributed by atoms with Gasteiger partial charge in [0.1, 0.15) is 0 Å². The smallest absolute Gasteiger partial charge is 0.317 e. The number of amides is 2. The first-order valence-corrected chi connectivity index (χ1v) is 5.99. The van der Waals surface area contributed by atoms with Crippen molar-refractivity contribution in [3.8, 4) is 0 Å². The summed E-state index contributed by atoms with van der Waals surface area (Å²) in [5, 5.41) is 2.94. The first kappa shape index (κ1) is 11.7. The van der Waals surface area contributed by atoms with Crippen molar-refractivity contribution in [3.05, 3.63) is 48.0 Å². The lowest BCUT2D eigenvalue weighted by Crippen LogP contribution is -2.42. The Balaban J connectivity index is 1.80. The van der Waals surface area contributed by atoms with Gasteiger partial charge in [-0.05, 0) is 18.4 Å². The maximum absolute atomic E-state index is 11.9. The molecule has 0 spiro atoms. The Labute approximate surface area is 102 Å². The minimum Gasteiger partial charge on any atom is -0.334 e. The SMILES string of the molecule is C=C1CCN(C(=O)NCc2ccccc2)CC1. The highest BCUT2D eigenvalue weighted by Gasteiger charge is 2.17. The Morgan fingerprint density at radius 2 is 1.88 bits per heavy atom. The van der Waals surface area contributed by atoms with Crippen molar-refractivity contribution in [2.75, 3.05) is 13.1 Å². The Morgan fingerprint density at radius 3 is 2.53 bits per heavy atom. The van der Waals surface area contributed by atoms with Crippen LogP contribution < -0.4 is 5.32 Å². The van der Waals surface area contributed by atoms with Crippen molar-refractivity contribution in [1.29, 1.82) is 0 Å². The van der Waals surface area contributed by atoms with Crippen LogP contribution in [0.5, 0.6) is 0 Å². The van der Waals surface area contributed by atoms with Gasteiger partial charge in [0.05, 0.1) is 0 Å². The second-order valence-corrected chi connectivity index (χ2v) is 4.38. The number of nitrogens with zero attached hydrogens (tertiary/aromatic N) is 1. The van der Waals surface area contributed by atoms with Gasteiger partial charge in [-0.15, -0.1) is 0 Å². The normalized spacial score (nSPS) is 15.8. The van der Waals surface area contributed by atoms with Gasteiger partial charge in [0.15, 0.2) is 0 Å². The Kier molecular flexibility index (Phi) is 3.81. The third kappa shape index (κ3) is 3.34. The van der Waals surface area contributed by atoms with Crippen LogP contribution in [-0.2, 0) is 6.54 Å². The molecule has 0 unspecified atom stereocenters. The van der Waals surface area contributed by atoms with Crippen LogP contribution in [0, 0.1) is 0 Å². The molecule has 17 heavy (non-hydrogen) atoms. The topological polar surface area (TPSA) is 32.3 Å². The van der Waals surface area contributed by atoms with Crippen LogP contribution in [0.4, 0.5) is 4.79 Å². The van der Waals surface area contributed by atoms with Crippen LogP contribution >= 0.6 is 0 Å². The molecule has 2 amide bonds. The molecule has 0 saturated carbocycles. The number of hydrogen-bond acceptors (Lipinski definition) is 1. The van der Waals surface area contributed by atoms with E-state index >= 15 is 0 Å². The molecular formula is C14H18N2O. The maximum Gasteiger partial charge on any atom is 0.317 e. The van der Waals surface area contributed by atoms with E-state index in [-0.39, 0.29) is 6.03 Å². The number of carbonyl (C=O) groups excluding carboxylic acids is 1. The van der Waals surface area contributed by atoms with E-state index < -0.39 is 0 Å². The van der Waals surface area contributed by atoms with Gasteiger partial charge in [-0.3, -0.25) is 0 Å². The summed E-state index contributed by atoms with van der Waals surface area (Å²) in [6, 6.07) is 9.98. The van der Waals surface area contributed by atoms with Gasteiger partial charge in [0, 0.05) is 19.6 Å². The summed E-state index contributed by atoms with van der Waals surface area (Å²) >= 11 is 0. The van der Waals surface area contributed by atoms with Gasteiger partial charge in [0.25, 0.3) is 0 Å². The third-order valence-corrected chi connectivity index (χ3v) is 3.04. The summed E-state index contributed by atoms with van der Waals surface area (Å²) in [7, 11) is 0. The molecule has 1 N–H and O–H groups in total. The van der Waals surface area contributed by atoms with E-state index in [9.17, 15) is 4.79 Å². The van der Waals surface area contributed by atoms with Crippen LogP contribution in [0.2, 0.25) is 0 Å². The van der Waals surface area contributed by atoms with Crippen LogP contribution in [0.3, 0.4) is 0 Å². The van der Waals surface area contributed by atoms with Gasteiger partial charge >= 0.3 is 6.03 Å². The first-order valence-electron chi connectivity index (χ1n) is 5.99. The van der Waals surface area contributed by atoms with Crippen molar-refractivity contribution in [1.82, 2.24) is 10.2 Å². The zero-order chi connectivity index (χ0) is 12.1. The number of benzene rings is 1. The predicted octanol–water partition coefficient (Wildman–Crippen LogP) is 2.55. The van der Waals surface area contributed by atoms with Crippen LogP contribution in [0.25, 0.3) is 0 Å². The molecule has 1 fully saturated rings. The number of hydrogen-bond donors (Lipinski definition) is 1.